The number of hydrogen-bond acceptors (Lipinski definition) is 4. The quantitative estimate of drug-likeness (QED) is 0.566. The van der Waals surface area contributed by atoms with E-state index >= 15 is 0 Å². The zero-order valence-corrected chi connectivity index (χ0v) is 18.0. The minimum absolute atomic E-state index is 0.0718. The highest BCUT2D eigenvalue weighted by Crippen LogP contribution is 2.26. The van der Waals surface area contributed by atoms with Crippen LogP contribution in [0.2, 0.25) is 5.02 Å². The van der Waals surface area contributed by atoms with Crippen LogP contribution in [0.25, 0.3) is 0 Å². The average molecular weight is 445 g/mol. The van der Waals surface area contributed by atoms with Crippen molar-refractivity contribution in [1.29, 1.82) is 0 Å². The number of anilines is 1. The van der Waals surface area contributed by atoms with Crippen molar-refractivity contribution >= 4 is 33.2 Å². The van der Waals surface area contributed by atoms with Crippen molar-refractivity contribution in [3.8, 4) is 5.75 Å². The Hall–Kier alpha value is -2.87. The maximum Gasteiger partial charge on any atom is 0.255 e. The Labute approximate surface area is 180 Å². The molecule has 0 spiro atoms. The summed E-state index contributed by atoms with van der Waals surface area (Å²) in [6, 6.07) is 18.4. The predicted molar refractivity (Wildman–Crippen MR) is 118 cm³/mol. The topological polar surface area (TPSA) is 84.5 Å². The number of carbonyl (C=O) groups excluding carboxylic acids is 1. The standard InChI is InChI=1S/C22H21ClN2O4S/c1-15-4-3-5-19(12-15)25-22(26)17-8-11-20(29-2)21(13-17)30(27,28)24-14-16-6-9-18(23)10-7-16/h3-13,24H,14H2,1-2H3,(H,25,26). The molecule has 3 rings (SSSR count). The third-order valence-electron chi connectivity index (χ3n) is 4.37. The van der Waals surface area contributed by atoms with Crippen molar-refractivity contribution in [3.05, 3.63) is 88.4 Å². The molecular formula is C22H21ClN2O4S. The van der Waals surface area contributed by atoms with Crippen molar-refractivity contribution in [1.82, 2.24) is 4.72 Å². The second-order valence-electron chi connectivity index (χ2n) is 6.64. The van der Waals surface area contributed by atoms with Gasteiger partial charge in [-0.05, 0) is 60.5 Å². The predicted octanol–water partition coefficient (Wildman–Crippen LogP) is 4.39. The van der Waals surface area contributed by atoms with E-state index in [1.54, 1.807) is 30.3 Å². The van der Waals surface area contributed by atoms with E-state index in [4.69, 9.17) is 16.3 Å². The molecule has 0 radical (unpaired) electrons. The van der Waals surface area contributed by atoms with Crippen molar-refractivity contribution in [3.63, 3.8) is 0 Å². The molecule has 0 heterocycles. The second kappa shape index (κ2) is 9.30. The zero-order valence-electron chi connectivity index (χ0n) is 16.5. The van der Waals surface area contributed by atoms with Crippen LogP contribution in [-0.4, -0.2) is 21.4 Å². The number of ether oxygens (including phenoxy) is 1. The molecule has 1 amide bonds. The Morgan fingerprint density at radius 2 is 1.77 bits per heavy atom. The van der Waals surface area contributed by atoms with Gasteiger partial charge in [0.2, 0.25) is 10.0 Å². The lowest BCUT2D eigenvalue weighted by molar-refractivity contribution is 0.102. The third kappa shape index (κ3) is 5.38. The Morgan fingerprint density at radius 3 is 2.43 bits per heavy atom. The van der Waals surface area contributed by atoms with E-state index in [1.165, 1.54) is 25.3 Å². The largest absolute Gasteiger partial charge is 0.495 e. The summed E-state index contributed by atoms with van der Waals surface area (Å²) in [5.41, 5.74) is 2.57. The van der Waals surface area contributed by atoms with Gasteiger partial charge in [-0.1, -0.05) is 35.9 Å². The van der Waals surface area contributed by atoms with E-state index < -0.39 is 15.9 Å². The first-order valence-electron chi connectivity index (χ1n) is 9.08. The smallest absolute Gasteiger partial charge is 0.255 e. The fourth-order valence-corrected chi connectivity index (χ4v) is 4.15. The molecule has 0 saturated carbocycles. The molecule has 0 aliphatic carbocycles. The summed E-state index contributed by atoms with van der Waals surface area (Å²) in [4.78, 5) is 12.5. The van der Waals surface area contributed by atoms with Crippen LogP contribution in [0.4, 0.5) is 5.69 Å². The Morgan fingerprint density at radius 1 is 1.03 bits per heavy atom. The van der Waals surface area contributed by atoms with E-state index in [-0.39, 0.29) is 22.8 Å². The number of rotatable bonds is 7. The maximum absolute atomic E-state index is 12.9. The highest BCUT2D eigenvalue weighted by atomic mass is 35.5. The summed E-state index contributed by atoms with van der Waals surface area (Å²) in [5.74, 6) is -0.275. The van der Waals surface area contributed by atoms with Gasteiger partial charge in [0.1, 0.15) is 10.6 Å². The van der Waals surface area contributed by atoms with Gasteiger partial charge in [-0.3, -0.25) is 4.79 Å². The fraction of sp³-hybridized carbons (Fsp3) is 0.136. The number of halogens is 1. The van der Waals surface area contributed by atoms with E-state index in [2.05, 4.69) is 10.0 Å². The fourth-order valence-electron chi connectivity index (χ4n) is 2.81. The van der Waals surface area contributed by atoms with E-state index in [9.17, 15) is 13.2 Å². The normalized spacial score (nSPS) is 11.2. The summed E-state index contributed by atoms with van der Waals surface area (Å²) in [6.45, 7) is 1.99. The third-order valence-corrected chi connectivity index (χ3v) is 6.05. The van der Waals surface area contributed by atoms with Crippen LogP contribution in [0.15, 0.2) is 71.6 Å². The SMILES string of the molecule is COc1ccc(C(=O)Nc2cccc(C)c2)cc1S(=O)(=O)NCc1ccc(Cl)cc1. The van der Waals surface area contributed by atoms with Gasteiger partial charge in [-0.2, -0.15) is 0 Å². The summed E-state index contributed by atoms with van der Waals surface area (Å²) >= 11 is 5.86. The number of amides is 1. The van der Waals surface area contributed by atoms with Crippen LogP contribution in [0.3, 0.4) is 0 Å². The molecule has 0 aliphatic heterocycles. The number of sulfonamides is 1. The average Bonchev–Trinajstić information content (AvgIpc) is 2.73. The molecule has 3 aromatic rings. The summed E-state index contributed by atoms with van der Waals surface area (Å²) in [5, 5.41) is 3.34. The van der Waals surface area contributed by atoms with Crippen molar-refractivity contribution in [2.45, 2.75) is 18.4 Å². The molecule has 0 aliphatic rings. The van der Waals surface area contributed by atoms with Crippen molar-refractivity contribution in [2.24, 2.45) is 0 Å². The van der Waals surface area contributed by atoms with Gasteiger partial charge in [-0.25, -0.2) is 13.1 Å². The molecule has 0 aromatic heterocycles. The molecule has 30 heavy (non-hydrogen) atoms. The summed E-state index contributed by atoms with van der Waals surface area (Å²) in [6.07, 6.45) is 0. The molecule has 2 N–H and O–H groups in total. The van der Waals surface area contributed by atoms with Crippen molar-refractivity contribution in [2.75, 3.05) is 12.4 Å². The van der Waals surface area contributed by atoms with Gasteiger partial charge < -0.3 is 10.1 Å². The number of methoxy groups -OCH3 is 1. The lowest BCUT2D eigenvalue weighted by Gasteiger charge is -2.13. The van der Waals surface area contributed by atoms with E-state index in [0.717, 1.165) is 11.1 Å². The number of hydrogen-bond donors (Lipinski definition) is 2. The number of benzene rings is 3. The molecule has 0 unspecified atom stereocenters. The van der Waals surface area contributed by atoms with Gasteiger partial charge in [0.05, 0.1) is 7.11 Å². The highest BCUT2D eigenvalue weighted by molar-refractivity contribution is 7.89. The Kier molecular flexibility index (Phi) is 6.77. The monoisotopic (exact) mass is 444 g/mol. The van der Waals surface area contributed by atoms with Crippen LogP contribution >= 0.6 is 11.6 Å². The van der Waals surface area contributed by atoms with Crippen LogP contribution in [0, 0.1) is 6.92 Å². The summed E-state index contributed by atoms with van der Waals surface area (Å²) < 4.78 is 33.5. The van der Waals surface area contributed by atoms with Gasteiger partial charge in [0, 0.05) is 22.8 Å². The van der Waals surface area contributed by atoms with Crippen LogP contribution in [0.1, 0.15) is 21.5 Å². The molecule has 6 nitrogen and oxygen atoms in total. The summed E-state index contributed by atoms with van der Waals surface area (Å²) in [7, 11) is -2.56. The molecule has 0 atom stereocenters. The van der Waals surface area contributed by atoms with Crippen LogP contribution in [0.5, 0.6) is 5.75 Å². The first-order chi connectivity index (χ1) is 14.3. The minimum atomic E-state index is -3.93. The molecule has 0 fully saturated rings. The molecule has 156 valence electrons. The van der Waals surface area contributed by atoms with Gasteiger partial charge in [-0.15, -0.1) is 0 Å². The number of aryl methyl sites for hydroxylation is 1. The van der Waals surface area contributed by atoms with Crippen LogP contribution < -0.4 is 14.8 Å². The first-order valence-corrected chi connectivity index (χ1v) is 10.9. The molecular weight excluding hydrogens is 424 g/mol. The first kappa shape index (κ1) is 21.8. The number of carbonyl (C=O) groups is 1. The second-order valence-corrected chi connectivity index (χ2v) is 8.81. The Balaban J connectivity index is 1.83. The molecule has 3 aromatic carbocycles. The van der Waals surface area contributed by atoms with Crippen molar-refractivity contribution < 1.29 is 17.9 Å². The maximum atomic E-state index is 12.9. The highest BCUT2D eigenvalue weighted by Gasteiger charge is 2.21. The van der Waals surface area contributed by atoms with Gasteiger partial charge in [0.15, 0.2) is 0 Å². The lowest BCUT2D eigenvalue weighted by Crippen LogP contribution is -2.24. The molecule has 0 bridgehead atoms. The molecule has 0 saturated heterocycles. The zero-order chi connectivity index (χ0) is 21.7. The van der Waals surface area contributed by atoms with E-state index in [0.29, 0.717) is 10.7 Å². The Bertz CT molecular complexity index is 1160. The van der Waals surface area contributed by atoms with Crippen LogP contribution in [-0.2, 0) is 16.6 Å². The minimum Gasteiger partial charge on any atom is -0.495 e. The molecule has 8 heteroatoms. The number of nitrogens with one attached hydrogen (secondary N) is 2. The van der Waals surface area contributed by atoms with E-state index in [1.807, 2.05) is 25.1 Å². The van der Waals surface area contributed by atoms with Gasteiger partial charge in [0.25, 0.3) is 5.91 Å². The lowest BCUT2D eigenvalue weighted by atomic mass is 10.2. The van der Waals surface area contributed by atoms with Gasteiger partial charge >= 0.3 is 0 Å².